The Kier molecular flexibility index (Phi) is 5.66. The molecule has 2 aromatic carbocycles. The smallest absolute Gasteiger partial charge is 0.171 e. The predicted molar refractivity (Wildman–Crippen MR) is 124 cm³/mol. The van der Waals surface area contributed by atoms with E-state index in [-0.39, 0.29) is 0 Å². The van der Waals surface area contributed by atoms with E-state index in [2.05, 4.69) is 56.8 Å². The van der Waals surface area contributed by atoms with Gasteiger partial charge in [-0.3, -0.25) is 9.30 Å². The normalized spacial score (nSPS) is 15.5. The molecule has 1 aliphatic heterocycles. The maximum Gasteiger partial charge on any atom is 0.171 e. The molecule has 0 amide bonds. The number of methoxy groups -OCH3 is 2. The first-order valence-electron chi connectivity index (χ1n) is 11.3. The first-order valence-corrected chi connectivity index (χ1v) is 11.3. The third-order valence-corrected chi connectivity index (χ3v) is 6.52. The second-order valence-electron chi connectivity index (χ2n) is 8.34. The number of hydrogen-bond donors (Lipinski definition) is 0. The van der Waals surface area contributed by atoms with E-state index in [0.29, 0.717) is 17.4 Å². The second kappa shape index (κ2) is 8.74. The summed E-state index contributed by atoms with van der Waals surface area (Å²) >= 11 is 0. The van der Waals surface area contributed by atoms with Gasteiger partial charge in [0.25, 0.3) is 0 Å². The number of fused-ring (bicyclic) bond motifs is 3. The van der Waals surface area contributed by atoms with Crippen molar-refractivity contribution >= 4 is 16.6 Å². The van der Waals surface area contributed by atoms with E-state index < -0.39 is 0 Å². The third-order valence-electron chi connectivity index (χ3n) is 6.52. The summed E-state index contributed by atoms with van der Waals surface area (Å²) in [6.07, 6.45) is 3.13. The minimum Gasteiger partial charge on any atom is -0.493 e. The van der Waals surface area contributed by atoms with E-state index in [1.807, 2.05) is 12.1 Å². The van der Waals surface area contributed by atoms with Gasteiger partial charge in [0.2, 0.25) is 0 Å². The highest BCUT2D eigenvalue weighted by atomic mass is 16.5. The van der Waals surface area contributed by atoms with Gasteiger partial charge in [-0.25, -0.2) is 4.98 Å². The molecule has 1 aliphatic rings. The SMILES string of the molecule is CCc1nc2cc(OC)c(OC)cc2c2nnc(CN3CCC(c4ccccc4)CC3)n12. The number of aryl methyl sites for hydroxylation is 1. The van der Waals surface area contributed by atoms with Gasteiger partial charge in [0.15, 0.2) is 23.0 Å². The number of ether oxygens (including phenoxy) is 2. The molecular formula is C25H29N5O2. The Balaban J connectivity index is 1.44. The van der Waals surface area contributed by atoms with Gasteiger partial charge in [-0.2, -0.15) is 0 Å². The lowest BCUT2D eigenvalue weighted by atomic mass is 9.89. The van der Waals surface area contributed by atoms with Crippen LogP contribution in [0.4, 0.5) is 0 Å². The standard InChI is InChI=1S/C25H29N5O2/c1-4-23-26-20-15-22(32-3)21(31-2)14-19(20)25-28-27-24(30(23)25)16-29-12-10-18(11-13-29)17-8-6-5-7-9-17/h5-9,14-15,18H,4,10-13,16H2,1-3H3. The van der Waals surface area contributed by atoms with Crippen molar-refractivity contribution in [1.29, 1.82) is 0 Å². The zero-order valence-electron chi connectivity index (χ0n) is 18.9. The average Bonchev–Trinajstić information content (AvgIpc) is 3.27. The summed E-state index contributed by atoms with van der Waals surface area (Å²) in [5.74, 6) is 3.88. The molecule has 0 N–H and O–H groups in total. The van der Waals surface area contributed by atoms with E-state index in [9.17, 15) is 0 Å². The largest absolute Gasteiger partial charge is 0.493 e. The molecule has 0 bridgehead atoms. The van der Waals surface area contributed by atoms with Crippen LogP contribution in [0.5, 0.6) is 11.5 Å². The van der Waals surface area contributed by atoms with Crippen molar-refractivity contribution in [2.75, 3.05) is 27.3 Å². The highest BCUT2D eigenvalue weighted by molar-refractivity contribution is 5.93. The lowest BCUT2D eigenvalue weighted by molar-refractivity contribution is 0.199. The molecule has 0 saturated carbocycles. The van der Waals surface area contributed by atoms with Gasteiger partial charge in [0.1, 0.15) is 5.82 Å². The quantitative estimate of drug-likeness (QED) is 0.455. The fourth-order valence-corrected chi connectivity index (χ4v) is 4.78. The molecule has 1 saturated heterocycles. The third kappa shape index (κ3) is 3.66. The number of hydrogen-bond acceptors (Lipinski definition) is 6. The van der Waals surface area contributed by atoms with Crippen LogP contribution < -0.4 is 9.47 Å². The fraction of sp³-hybridized carbons (Fsp3) is 0.400. The van der Waals surface area contributed by atoms with Gasteiger partial charge in [0, 0.05) is 17.9 Å². The Morgan fingerprint density at radius 3 is 2.34 bits per heavy atom. The van der Waals surface area contributed by atoms with Crippen molar-refractivity contribution in [2.45, 2.75) is 38.6 Å². The lowest BCUT2D eigenvalue weighted by Crippen LogP contribution is -2.33. The molecule has 0 unspecified atom stereocenters. The molecular weight excluding hydrogens is 402 g/mol. The van der Waals surface area contributed by atoms with Gasteiger partial charge in [-0.1, -0.05) is 37.3 Å². The molecule has 166 valence electrons. The van der Waals surface area contributed by atoms with Crippen molar-refractivity contribution in [3.8, 4) is 11.5 Å². The zero-order valence-corrected chi connectivity index (χ0v) is 18.9. The first-order chi connectivity index (χ1) is 15.7. The summed E-state index contributed by atoms with van der Waals surface area (Å²) in [5, 5.41) is 10.1. The van der Waals surface area contributed by atoms with Crippen LogP contribution in [0.1, 0.15) is 42.9 Å². The molecule has 0 aliphatic carbocycles. The van der Waals surface area contributed by atoms with Crippen molar-refractivity contribution in [2.24, 2.45) is 0 Å². The summed E-state index contributed by atoms with van der Waals surface area (Å²) in [7, 11) is 3.28. The molecule has 1 fully saturated rings. The highest BCUT2D eigenvalue weighted by Crippen LogP contribution is 2.34. The van der Waals surface area contributed by atoms with Crippen molar-refractivity contribution in [3.05, 3.63) is 59.7 Å². The molecule has 5 rings (SSSR count). The Hall–Kier alpha value is -3.19. The van der Waals surface area contributed by atoms with Crippen molar-refractivity contribution in [3.63, 3.8) is 0 Å². The van der Waals surface area contributed by atoms with E-state index in [1.165, 1.54) is 18.4 Å². The number of piperidine rings is 1. The molecule has 4 aromatic rings. The highest BCUT2D eigenvalue weighted by Gasteiger charge is 2.23. The van der Waals surface area contributed by atoms with Crippen LogP contribution in [0.3, 0.4) is 0 Å². The Morgan fingerprint density at radius 1 is 0.938 bits per heavy atom. The van der Waals surface area contributed by atoms with Crippen molar-refractivity contribution < 1.29 is 9.47 Å². The van der Waals surface area contributed by atoms with Gasteiger partial charge >= 0.3 is 0 Å². The number of rotatable bonds is 6. The van der Waals surface area contributed by atoms with Gasteiger partial charge in [-0.05, 0) is 43.5 Å². The van der Waals surface area contributed by atoms with Gasteiger partial charge in [0.05, 0.1) is 26.3 Å². The summed E-state index contributed by atoms with van der Waals surface area (Å²) < 4.78 is 13.1. The van der Waals surface area contributed by atoms with Crippen LogP contribution in [0.15, 0.2) is 42.5 Å². The number of aromatic nitrogens is 4. The predicted octanol–water partition coefficient (Wildman–Crippen LogP) is 4.24. The number of likely N-dealkylation sites (tertiary alicyclic amines) is 1. The summed E-state index contributed by atoms with van der Waals surface area (Å²) in [6, 6.07) is 14.7. The molecule has 0 atom stereocenters. The fourth-order valence-electron chi connectivity index (χ4n) is 4.78. The monoisotopic (exact) mass is 431 g/mol. The molecule has 7 heteroatoms. The Labute approximate surface area is 188 Å². The lowest BCUT2D eigenvalue weighted by Gasteiger charge is -2.31. The van der Waals surface area contributed by atoms with E-state index in [0.717, 1.165) is 54.3 Å². The van der Waals surface area contributed by atoms with E-state index >= 15 is 0 Å². The summed E-state index contributed by atoms with van der Waals surface area (Å²) in [4.78, 5) is 7.39. The summed E-state index contributed by atoms with van der Waals surface area (Å²) in [5.41, 5.74) is 3.12. The van der Waals surface area contributed by atoms with Crippen LogP contribution in [0, 0.1) is 0 Å². The maximum atomic E-state index is 5.51. The average molecular weight is 432 g/mol. The van der Waals surface area contributed by atoms with E-state index in [1.54, 1.807) is 14.2 Å². The van der Waals surface area contributed by atoms with Crippen LogP contribution in [0.2, 0.25) is 0 Å². The molecule has 0 spiro atoms. The Morgan fingerprint density at radius 2 is 1.66 bits per heavy atom. The number of nitrogens with zero attached hydrogens (tertiary/aromatic N) is 5. The molecule has 32 heavy (non-hydrogen) atoms. The van der Waals surface area contributed by atoms with Gasteiger partial charge < -0.3 is 9.47 Å². The van der Waals surface area contributed by atoms with Crippen LogP contribution >= 0.6 is 0 Å². The van der Waals surface area contributed by atoms with E-state index in [4.69, 9.17) is 14.5 Å². The topological polar surface area (TPSA) is 64.8 Å². The van der Waals surface area contributed by atoms with Crippen molar-refractivity contribution in [1.82, 2.24) is 24.5 Å². The van der Waals surface area contributed by atoms with Gasteiger partial charge in [-0.15, -0.1) is 10.2 Å². The molecule has 2 aromatic heterocycles. The van der Waals surface area contributed by atoms with Crippen LogP contribution in [0.25, 0.3) is 16.6 Å². The minimum atomic E-state index is 0.641. The zero-order chi connectivity index (χ0) is 22.1. The Bertz CT molecular complexity index is 1230. The molecule has 3 heterocycles. The minimum absolute atomic E-state index is 0.641. The first kappa shape index (κ1) is 20.7. The molecule has 0 radical (unpaired) electrons. The maximum absolute atomic E-state index is 5.51. The number of benzene rings is 2. The second-order valence-corrected chi connectivity index (χ2v) is 8.34. The van der Waals surface area contributed by atoms with Crippen LogP contribution in [-0.2, 0) is 13.0 Å². The summed E-state index contributed by atoms with van der Waals surface area (Å²) in [6.45, 7) is 5.00. The molecule has 7 nitrogen and oxygen atoms in total. The van der Waals surface area contributed by atoms with Crippen LogP contribution in [-0.4, -0.2) is 51.8 Å².